The lowest BCUT2D eigenvalue weighted by Crippen LogP contribution is -2.53. The third-order valence-corrected chi connectivity index (χ3v) is 5.18. The summed E-state index contributed by atoms with van der Waals surface area (Å²) in [4.78, 5) is 28.5. The number of rotatable bonds is 6. The van der Waals surface area contributed by atoms with Gasteiger partial charge in [0.05, 0.1) is 6.54 Å². The van der Waals surface area contributed by atoms with Crippen molar-refractivity contribution in [2.45, 2.75) is 13.0 Å². The molecule has 1 N–H and O–H groups in total. The lowest BCUT2D eigenvalue weighted by atomic mass is 10.2. The summed E-state index contributed by atoms with van der Waals surface area (Å²) in [6, 6.07) is 13.0. The summed E-state index contributed by atoms with van der Waals surface area (Å²) in [6.45, 7) is 4.26. The number of ether oxygens (including phenoxy) is 1. The minimum Gasteiger partial charge on any atom is -0.481 e. The molecule has 0 saturated carbocycles. The predicted octanol–water partition coefficient (Wildman–Crippen LogP) is 3.14. The molecule has 0 aromatic heterocycles. The van der Waals surface area contributed by atoms with Gasteiger partial charge in [0.2, 0.25) is 5.91 Å². The molecule has 1 fully saturated rings. The highest BCUT2D eigenvalue weighted by Crippen LogP contribution is 2.18. The van der Waals surface area contributed by atoms with E-state index in [-0.39, 0.29) is 24.2 Å². The molecular formula is C21H23BrFN3O3. The van der Waals surface area contributed by atoms with E-state index >= 15 is 0 Å². The summed E-state index contributed by atoms with van der Waals surface area (Å²) in [5, 5.41) is 2.75. The van der Waals surface area contributed by atoms with Crippen LogP contribution in [0.5, 0.6) is 5.75 Å². The lowest BCUT2D eigenvalue weighted by Gasteiger charge is -2.35. The topological polar surface area (TPSA) is 61.9 Å². The van der Waals surface area contributed by atoms with Crippen molar-refractivity contribution in [1.29, 1.82) is 0 Å². The van der Waals surface area contributed by atoms with Crippen molar-refractivity contribution >= 4 is 33.4 Å². The second kappa shape index (κ2) is 9.84. The van der Waals surface area contributed by atoms with E-state index in [0.29, 0.717) is 37.6 Å². The molecule has 1 aliphatic heterocycles. The lowest BCUT2D eigenvalue weighted by molar-refractivity contribution is -0.139. The molecule has 3 rings (SSSR count). The van der Waals surface area contributed by atoms with Gasteiger partial charge in [-0.3, -0.25) is 14.5 Å². The summed E-state index contributed by atoms with van der Waals surface area (Å²) in [5.74, 6) is 0.0685. The predicted molar refractivity (Wildman–Crippen MR) is 112 cm³/mol. The fourth-order valence-electron chi connectivity index (χ4n) is 3.09. The van der Waals surface area contributed by atoms with Crippen LogP contribution in [0.4, 0.5) is 10.1 Å². The van der Waals surface area contributed by atoms with Crippen LogP contribution >= 0.6 is 15.9 Å². The molecule has 0 spiro atoms. The van der Waals surface area contributed by atoms with Crippen molar-refractivity contribution in [3.05, 3.63) is 58.8 Å². The molecule has 154 valence electrons. The molecular weight excluding hydrogens is 441 g/mol. The maximum absolute atomic E-state index is 12.9. The molecule has 1 unspecified atom stereocenters. The molecule has 6 nitrogen and oxygen atoms in total. The SMILES string of the molecule is CC(Oc1ccc(Br)cc1)C(=O)N1CCN(CC(=O)Nc2ccc(F)cc2)CC1. The first-order chi connectivity index (χ1) is 13.9. The highest BCUT2D eigenvalue weighted by atomic mass is 79.9. The number of hydrogen-bond donors (Lipinski definition) is 1. The zero-order valence-corrected chi connectivity index (χ0v) is 17.7. The smallest absolute Gasteiger partial charge is 0.263 e. The zero-order valence-electron chi connectivity index (χ0n) is 16.1. The first-order valence-corrected chi connectivity index (χ1v) is 10.2. The normalized spacial score (nSPS) is 15.6. The number of carbonyl (C=O) groups excluding carboxylic acids is 2. The number of nitrogens with zero attached hydrogens (tertiary/aromatic N) is 2. The minimum absolute atomic E-state index is 0.0664. The van der Waals surface area contributed by atoms with E-state index in [1.54, 1.807) is 11.8 Å². The maximum Gasteiger partial charge on any atom is 0.263 e. The molecule has 1 aliphatic rings. The van der Waals surface area contributed by atoms with E-state index in [9.17, 15) is 14.0 Å². The molecule has 1 atom stereocenters. The number of carbonyl (C=O) groups is 2. The number of halogens is 2. The second-order valence-electron chi connectivity index (χ2n) is 6.87. The Morgan fingerprint density at radius 1 is 1.07 bits per heavy atom. The summed E-state index contributed by atoms with van der Waals surface area (Å²) in [5.41, 5.74) is 0.559. The summed E-state index contributed by atoms with van der Waals surface area (Å²) in [6.07, 6.45) is -0.579. The van der Waals surface area contributed by atoms with Crippen LogP contribution in [-0.2, 0) is 9.59 Å². The fraction of sp³-hybridized carbons (Fsp3) is 0.333. The Bertz CT molecular complexity index is 837. The Hall–Kier alpha value is -2.45. The average molecular weight is 464 g/mol. The van der Waals surface area contributed by atoms with Gasteiger partial charge in [0.1, 0.15) is 11.6 Å². The number of piperazine rings is 1. The summed E-state index contributed by atoms with van der Waals surface area (Å²) < 4.78 is 19.6. The molecule has 1 heterocycles. The van der Waals surface area contributed by atoms with Crippen molar-refractivity contribution in [3.63, 3.8) is 0 Å². The first kappa shape index (κ1) is 21.3. The number of hydrogen-bond acceptors (Lipinski definition) is 4. The zero-order chi connectivity index (χ0) is 20.8. The standard InChI is InChI=1S/C21H23BrFN3O3/c1-15(29-19-8-2-16(22)3-9-19)21(28)26-12-10-25(11-13-26)14-20(27)24-18-6-4-17(23)5-7-18/h2-9,15H,10-14H2,1H3,(H,24,27). The Kier molecular flexibility index (Phi) is 7.22. The third-order valence-electron chi connectivity index (χ3n) is 4.65. The van der Waals surface area contributed by atoms with Gasteiger partial charge in [0, 0.05) is 36.3 Å². The molecule has 8 heteroatoms. The average Bonchev–Trinajstić information content (AvgIpc) is 2.71. The van der Waals surface area contributed by atoms with Crippen LogP contribution in [0.1, 0.15) is 6.92 Å². The molecule has 0 bridgehead atoms. The van der Waals surface area contributed by atoms with Crippen molar-refractivity contribution in [3.8, 4) is 5.75 Å². The number of amides is 2. The summed E-state index contributed by atoms with van der Waals surface area (Å²) in [7, 11) is 0. The van der Waals surface area contributed by atoms with Crippen LogP contribution < -0.4 is 10.1 Å². The van der Waals surface area contributed by atoms with E-state index < -0.39 is 6.10 Å². The summed E-state index contributed by atoms with van der Waals surface area (Å²) >= 11 is 3.37. The number of anilines is 1. The molecule has 29 heavy (non-hydrogen) atoms. The molecule has 1 saturated heterocycles. The quantitative estimate of drug-likeness (QED) is 0.714. The van der Waals surface area contributed by atoms with Crippen molar-refractivity contribution in [1.82, 2.24) is 9.80 Å². The number of nitrogens with one attached hydrogen (secondary N) is 1. The molecule has 0 radical (unpaired) electrons. The fourth-order valence-corrected chi connectivity index (χ4v) is 3.35. The van der Waals surface area contributed by atoms with Gasteiger partial charge in [0.25, 0.3) is 5.91 Å². The number of benzene rings is 2. The van der Waals surface area contributed by atoms with Crippen molar-refractivity contribution < 1.29 is 18.7 Å². The molecule has 0 aliphatic carbocycles. The van der Waals surface area contributed by atoms with Crippen LogP contribution in [0.3, 0.4) is 0 Å². The molecule has 2 amide bonds. The largest absolute Gasteiger partial charge is 0.481 e. The van der Waals surface area contributed by atoms with Crippen molar-refractivity contribution in [2.75, 3.05) is 38.0 Å². The van der Waals surface area contributed by atoms with Gasteiger partial charge in [-0.25, -0.2) is 4.39 Å². The van der Waals surface area contributed by atoms with Gasteiger partial charge in [-0.2, -0.15) is 0 Å². The highest BCUT2D eigenvalue weighted by Gasteiger charge is 2.26. The van der Waals surface area contributed by atoms with E-state index in [1.807, 2.05) is 29.2 Å². The second-order valence-corrected chi connectivity index (χ2v) is 7.79. The third kappa shape index (κ3) is 6.27. The van der Waals surface area contributed by atoms with Crippen LogP contribution in [0, 0.1) is 5.82 Å². The van der Waals surface area contributed by atoms with Crippen LogP contribution in [0.15, 0.2) is 53.0 Å². The molecule has 2 aromatic carbocycles. The Morgan fingerprint density at radius 3 is 2.31 bits per heavy atom. The van der Waals surface area contributed by atoms with Crippen LogP contribution in [0.2, 0.25) is 0 Å². The Labute approximate surface area is 177 Å². The van der Waals surface area contributed by atoms with E-state index in [1.165, 1.54) is 24.3 Å². The van der Waals surface area contributed by atoms with Gasteiger partial charge in [-0.05, 0) is 55.5 Å². The van der Waals surface area contributed by atoms with E-state index in [0.717, 1.165) is 4.47 Å². The van der Waals surface area contributed by atoms with Gasteiger partial charge in [0.15, 0.2) is 6.10 Å². The Morgan fingerprint density at radius 2 is 1.69 bits per heavy atom. The molecule has 2 aromatic rings. The van der Waals surface area contributed by atoms with Crippen LogP contribution in [0.25, 0.3) is 0 Å². The van der Waals surface area contributed by atoms with Gasteiger partial charge in [-0.1, -0.05) is 15.9 Å². The van der Waals surface area contributed by atoms with Gasteiger partial charge >= 0.3 is 0 Å². The van der Waals surface area contributed by atoms with Gasteiger partial charge < -0.3 is 15.0 Å². The van der Waals surface area contributed by atoms with Gasteiger partial charge in [-0.15, -0.1) is 0 Å². The maximum atomic E-state index is 12.9. The van der Waals surface area contributed by atoms with Crippen LogP contribution in [-0.4, -0.2) is 60.4 Å². The van der Waals surface area contributed by atoms with Crippen molar-refractivity contribution in [2.24, 2.45) is 0 Å². The Balaban J connectivity index is 1.43. The van der Waals surface area contributed by atoms with E-state index in [2.05, 4.69) is 21.2 Å². The monoisotopic (exact) mass is 463 g/mol. The minimum atomic E-state index is -0.579. The van der Waals surface area contributed by atoms with E-state index in [4.69, 9.17) is 4.74 Å². The highest BCUT2D eigenvalue weighted by molar-refractivity contribution is 9.10. The first-order valence-electron chi connectivity index (χ1n) is 9.39.